The van der Waals surface area contributed by atoms with Crippen LogP contribution in [0.4, 0.5) is 4.39 Å². The van der Waals surface area contributed by atoms with Crippen molar-refractivity contribution >= 4 is 11.8 Å². The third-order valence-electron chi connectivity index (χ3n) is 3.44. The summed E-state index contributed by atoms with van der Waals surface area (Å²) in [7, 11) is 0. The molecule has 1 aliphatic carbocycles. The number of rotatable bonds is 4. The second kappa shape index (κ2) is 5.87. The van der Waals surface area contributed by atoms with Crippen LogP contribution in [0.2, 0.25) is 0 Å². The highest BCUT2D eigenvalue weighted by molar-refractivity contribution is 7.99. The molecule has 17 heavy (non-hydrogen) atoms. The summed E-state index contributed by atoms with van der Waals surface area (Å²) in [6.07, 6.45) is 5.34. The lowest BCUT2D eigenvalue weighted by Crippen LogP contribution is -2.15. The van der Waals surface area contributed by atoms with E-state index in [9.17, 15) is 4.39 Å². The maximum atomic E-state index is 13.4. The molecule has 0 aliphatic heterocycles. The van der Waals surface area contributed by atoms with Gasteiger partial charge in [0.2, 0.25) is 0 Å². The van der Waals surface area contributed by atoms with Crippen molar-refractivity contribution in [1.82, 2.24) is 0 Å². The summed E-state index contributed by atoms with van der Waals surface area (Å²) in [5, 5.41) is 0.774. The van der Waals surface area contributed by atoms with Gasteiger partial charge in [-0.2, -0.15) is 11.8 Å². The van der Waals surface area contributed by atoms with Crippen molar-refractivity contribution < 1.29 is 4.39 Å². The van der Waals surface area contributed by atoms with Gasteiger partial charge in [0.1, 0.15) is 5.82 Å². The normalized spacial score (nSPS) is 18.5. The molecule has 2 N–H and O–H groups in total. The molecule has 0 radical (unpaired) electrons. The molecule has 0 heterocycles. The van der Waals surface area contributed by atoms with Gasteiger partial charge in [-0.3, -0.25) is 0 Å². The molecule has 0 spiro atoms. The minimum Gasteiger partial charge on any atom is -0.323 e. The average Bonchev–Trinajstić information content (AvgIpc) is 2.82. The topological polar surface area (TPSA) is 26.0 Å². The van der Waals surface area contributed by atoms with Gasteiger partial charge in [-0.05, 0) is 37.0 Å². The number of hydrogen-bond acceptors (Lipinski definition) is 2. The van der Waals surface area contributed by atoms with Crippen LogP contribution in [0.15, 0.2) is 18.2 Å². The van der Waals surface area contributed by atoms with Crippen LogP contribution in [0.3, 0.4) is 0 Å². The van der Waals surface area contributed by atoms with Crippen LogP contribution in [0.5, 0.6) is 0 Å². The summed E-state index contributed by atoms with van der Waals surface area (Å²) >= 11 is 1.95. The molecule has 1 aliphatic rings. The van der Waals surface area contributed by atoms with Crippen LogP contribution < -0.4 is 5.73 Å². The third kappa shape index (κ3) is 3.46. The largest absolute Gasteiger partial charge is 0.323 e. The highest BCUT2D eigenvalue weighted by Gasteiger charge is 2.17. The maximum absolute atomic E-state index is 13.4. The van der Waals surface area contributed by atoms with Crippen LogP contribution in [-0.2, 0) is 0 Å². The fourth-order valence-electron chi connectivity index (χ4n) is 2.23. The monoisotopic (exact) mass is 253 g/mol. The van der Waals surface area contributed by atoms with Crippen molar-refractivity contribution in [3.05, 3.63) is 35.1 Å². The Kier molecular flexibility index (Phi) is 4.46. The zero-order chi connectivity index (χ0) is 12.3. The Balaban J connectivity index is 1.89. The van der Waals surface area contributed by atoms with Gasteiger partial charge < -0.3 is 5.73 Å². The van der Waals surface area contributed by atoms with E-state index in [2.05, 4.69) is 0 Å². The van der Waals surface area contributed by atoms with Crippen LogP contribution in [-0.4, -0.2) is 11.0 Å². The van der Waals surface area contributed by atoms with E-state index in [1.54, 1.807) is 13.0 Å². The van der Waals surface area contributed by atoms with Gasteiger partial charge in [0.05, 0.1) is 0 Å². The molecule has 0 saturated heterocycles. The summed E-state index contributed by atoms with van der Waals surface area (Å²) in [6.45, 7) is 1.78. The van der Waals surface area contributed by atoms with Crippen LogP contribution in [0, 0.1) is 12.7 Å². The van der Waals surface area contributed by atoms with Crippen molar-refractivity contribution in [2.24, 2.45) is 5.73 Å². The Labute approximate surface area is 107 Å². The molecule has 0 amide bonds. The Hall–Kier alpha value is -0.540. The van der Waals surface area contributed by atoms with Crippen LogP contribution in [0.25, 0.3) is 0 Å². The van der Waals surface area contributed by atoms with Crippen molar-refractivity contribution in [3.8, 4) is 0 Å². The molecule has 1 aromatic carbocycles. The van der Waals surface area contributed by atoms with Gasteiger partial charge in [0, 0.05) is 17.0 Å². The van der Waals surface area contributed by atoms with E-state index in [4.69, 9.17) is 5.73 Å². The quantitative estimate of drug-likeness (QED) is 0.883. The second-order valence-electron chi connectivity index (χ2n) is 4.85. The fraction of sp³-hybridized carbons (Fsp3) is 0.571. The lowest BCUT2D eigenvalue weighted by molar-refractivity contribution is 0.613. The van der Waals surface area contributed by atoms with Crippen molar-refractivity contribution in [2.45, 2.75) is 43.9 Å². The number of aryl methyl sites for hydroxylation is 1. The summed E-state index contributed by atoms with van der Waals surface area (Å²) in [5.41, 5.74) is 7.70. The van der Waals surface area contributed by atoms with E-state index >= 15 is 0 Å². The molecule has 3 heteroatoms. The smallest absolute Gasteiger partial charge is 0.126 e. The number of halogens is 1. The van der Waals surface area contributed by atoms with Gasteiger partial charge in [-0.25, -0.2) is 4.39 Å². The summed E-state index contributed by atoms with van der Waals surface area (Å²) < 4.78 is 13.4. The van der Waals surface area contributed by atoms with E-state index < -0.39 is 0 Å². The molecule has 1 aromatic rings. The lowest BCUT2D eigenvalue weighted by atomic mass is 10.1. The zero-order valence-corrected chi connectivity index (χ0v) is 11.1. The Morgan fingerprint density at radius 3 is 2.76 bits per heavy atom. The van der Waals surface area contributed by atoms with Crippen molar-refractivity contribution in [1.29, 1.82) is 0 Å². The molecule has 1 fully saturated rings. The Bertz CT molecular complexity index is 374. The Morgan fingerprint density at radius 1 is 1.41 bits per heavy atom. The number of benzene rings is 1. The Morgan fingerprint density at radius 2 is 2.12 bits per heavy atom. The molecule has 94 valence electrons. The highest BCUT2D eigenvalue weighted by Crippen LogP contribution is 2.31. The molecule has 2 rings (SSSR count). The molecule has 0 aromatic heterocycles. The molecule has 1 saturated carbocycles. The molecular formula is C14H20FNS. The van der Waals surface area contributed by atoms with Gasteiger partial charge >= 0.3 is 0 Å². The number of nitrogens with two attached hydrogens (primary N) is 1. The van der Waals surface area contributed by atoms with Gasteiger partial charge in [0.15, 0.2) is 0 Å². The third-order valence-corrected chi connectivity index (χ3v) is 4.93. The van der Waals surface area contributed by atoms with E-state index in [1.165, 1.54) is 25.7 Å². The zero-order valence-electron chi connectivity index (χ0n) is 10.3. The van der Waals surface area contributed by atoms with Gasteiger partial charge in [-0.1, -0.05) is 25.0 Å². The number of hydrogen-bond donors (Lipinski definition) is 1. The minimum absolute atomic E-state index is 0.0456. The predicted octanol–water partition coefficient (Wildman–Crippen LogP) is 3.81. The molecule has 0 bridgehead atoms. The van der Waals surface area contributed by atoms with Crippen LogP contribution >= 0.6 is 11.8 Å². The first-order chi connectivity index (χ1) is 8.16. The average molecular weight is 253 g/mol. The SMILES string of the molecule is Cc1ccc(C(N)CSC2CCCC2)cc1F. The first-order valence-corrected chi connectivity index (χ1v) is 7.35. The maximum Gasteiger partial charge on any atom is 0.126 e. The van der Waals surface area contributed by atoms with Crippen molar-refractivity contribution in [2.75, 3.05) is 5.75 Å². The standard InChI is InChI=1S/C14H20FNS/c1-10-6-7-11(8-13(10)15)14(16)9-17-12-4-2-3-5-12/h6-8,12,14H,2-5,9,16H2,1H3. The predicted molar refractivity (Wildman–Crippen MR) is 72.8 cm³/mol. The first kappa shape index (κ1) is 12.9. The molecule has 1 nitrogen and oxygen atoms in total. The highest BCUT2D eigenvalue weighted by atomic mass is 32.2. The number of thioether (sulfide) groups is 1. The van der Waals surface area contributed by atoms with E-state index in [-0.39, 0.29) is 11.9 Å². The fourth-order valence-corrected chi connectivity index (χ4v) is 3.57. The first-order valence-electron chi connectivity index (χ1n) is 6.30. The van der Waals surface area contributed by atoms with E-state index in [0.717, 1.165) is 16.6 Å². The lowest BCUT2D eigenvalue weighted by Gasteiger charge is -2.15. The second-order valence-corrected chi connectivity index (χ2v) is 6.19. The molecule has 1 unspecified atom stereocenters. The van der Waals surface area contributed by atoms with Crippen LogP contribution in [0.1, 0.15) is 42.9 Å². The molecule has 1 atom stereocenters. The summed E-state index contributed by atoms with van der Waals surface area (Å²) in [6, 6.07) is 5.29. The minimum atomic E-state index is -0.149. The van der Waals surface area contributed by atoms with E-state index in [0.29, 0.717) is 5.56 Å². The van der Waals surface area contributed by atoms with E-state index in [1.807, 2.05) is 23.9 Å². The summed E-state index contributed by atoms with van der Waals surface area (Å²) in [4.78, 5) is 0. The van der Waals surface area contributed by atoms with Gasteiger partial charge in [0.25, 0.3) is 0 Å². The van der Waals surface area contributed by atoms with Gasteiger partial charge in [-0.15, -0.1) is 0 Å². The summed E-state index contributed by atoms with van der Waals surface area (Å²) in [5.74, 6) is 0.747. The van der Waals surface area contributed by atoms with Crippen molar-refractivity contribution in [3.63, 3.8) is 0 Å². The molecular weight excluding hydrogens is 233 g/mol.